The van der Waals surface area contributed by atoms with Crippen LogP contribution >= 0.6 is 11.6 Å². The van der Waals surface area contributed by atoms with E-state index in [2.05, 4.69) is 10.5 Å². The molecule has 3 aromatic carbocycles. The van der Waals surface area contributed by atoms with Crippen molar-refractivity contribution < 1.29 is 31.1 Å². The Kier molecular flexibility index (Phi) is 9.05. The molecule has 0 radical (unpaired) electrons. The van der Waals surface area contributed by atoms with Gasteiger partial charge in [-0.2, -0.15) is 18.3 Å². The molecule has 0 atom stereocenters. The predicted molar refractivity (Wildman–Crippen MR) is 140 cm³/mol. The molecule has 0 unspecified atom stereocenters. The van der Waals surface area contributed by atoms with Crippen LogP contribution in [0, 0.1) is 6.92 Å². The normalized spacial score (nSPS) is 12.2. The summed E-state index contributed by atoms with van der Waals surface area (Å²) < 4.78 is 73.4. The third-order valence-electron chi connectivity index (χ3n) is 5.37. The van der Waals surface area contributed by atoms with Crippen LogP contribution in [-0.2, 0) is 21.0 Å². The van der Waals surface area contributed by atoms with E-state index in [-0.39, 0.29) is 10.6 Å². The lowest BCUT2D eigenvalue weighted by molar-refractivity contribution is -0.137. The van der Waals surface area contributed by atoms with Crippen LogP contribution in [0.4, 0.5) is 18.9 Å². The Morgan fingerprint density at radius 2 is 1.68 bits per heavy atom. The highest BCUT2D eigenvalue weighted by molar-refractivity contribution is 7.92. The summed E-state index contributed by atoms with van der Waals surface area (Å²) in [5.41, 5.74) is 2.52. The minimum atomic E-state index is -4.84. The molecule has 12 heteroatoms. The largest absolute Gasteiger partial charge is 0.494 e. The fourth-order valence-corrected chi connectivity index (χ4v) is 5.01. The monoisotopic (exact) mass is 567 g/mol. The summed E-state index contributed by atoms with van der Waals surface area (Å²) >= 11 is 5.72. The van der Waals surface area contributed by atoms with E-state index in [0.29, 0.717) is 34.0 Å². The van der Waals surface area contributed by atoms with Gasteiger partial charge in [0.1, 0.15) is 12.3 Å². The molecule has 0 aliphatic carbocycles. The Morgan fingerprint density at radius 3 is 2.26 bits per heavy atom. The summed E-state index contributed by atoms with van der Waals surface area (Å²) in [4.78, 5) is 12.6. The van der Waals surface area contributed by atoms with Gasteiger partial charge in [0.2, 0.25) is 0 Å². The summed E-state index contributed by atoms with van der Waals surface area (Å²) in [5.74, 6) is -0.208. The molecule has 0 heterocycles. The van der Waals surface area contributed by atoms with E-state index >= 15 is 0 Å². The zero-order valence-electron chi connectivity index (χ0n) is 20.7. The molecule has 0 saturated carbocycles. The molecule has 3 rings (SSSR count). The molecule has 0 aliphatic heterocycles. The van der Waals surface area contributed by atoms with Crippen molar-refractivity contribution in [3.8, 4) is 5.75 Å². The number of hydrogen-bond acceptors (Lipinski definition) is 5. The molecule has 0 fully saturated rings. The first-order valence-corrected chi connectivity index (χ1v) is 13.2. The Bertz CT molecular complexity index is 1430. The van der Waals surface area contributed by atoms with Gasteiger partial charge in [0, 0.05) is 0 Å². The fourth-order valence-electron chi connectivity index (χ4n) is 3.37. The van der Waals surface area contributed by atoms with Crippen LogP contribution in [0.5, 0.6) is 5.75 Å². The molecule has 1 amide bonds. The number of alkyl halides is 3. The van der Waals surface area contributed by atoms with E-state index in [1.165, 1.54) is 12.1 Å². The van der Waals surface area contributed by atoms with Crippen molar-refractivity contribution in [2.75, 3.05) is 17.5 Å². The lowest BCUT2D eigenvalue weighted by atomic mass is 10.1. The van der Waals surface area contributed by atoms with Gasteiger partial charge in [-0.3, -0.25) is 9.10 Å². The number of benzene rings is 3. The molecule has 38 heavy (non-hydrogen) atoms. The predicted octanol–water partition coefficient (Wildman–Crippen LogP) is 5.80. The number of ether oxygens (including phenoxy) is 1. The summed E-state index contributed by atoms with van der Waals surface area (Å²) in [7, 11) is -4.44. The van der Waals surface area contributed by atoms with Crippen LogP contribution in [-0.4, -0.2) is 33.2 Å². The molecule has 0 aliphatic rings. The zero-order chi connectivity index (χ0) is 28.1. The molecular weight excluding hydrogens is 543 g/mol. The molecule has 0 saturated heterocycles. The number of nitrogens with one attached hydrogen (secondary N) is 1. The van der Waals surface area contributed by atoms with Gasteiger partial charge in [0.15, 0.2) is 0 Å². The maximum absolute atomic E-state index is 13.5. The topological polar surface area (TPSA) is 88.1 Å². The third-order valence-corrected chi connectivity index (χ3v) is 7.49. The number of nitrogens with zero attached hydrogens (tertiary/aromatic N) is 2. The quantitative estimate of drug-likeness (QED) is 0.261. The van der Waals surface area contributed by atoms with Crippen molar-refractivity contribution >= 4 is 38.9 Å². The first-order chi connectivity index (χ1) is 17.8. The van der Waals surface area contributed by atoms with Crippen LogP contribution in [0.1, 0.15) is 30.5 Å². The van der Waals surface area contributed by atoms with Crippen molar-refractivity contribution in [2.24, 2.45) is 5.10 Å². The minimum Gasteiger partial charge on any atom is -0.494 e. The Hall–Kier alpha value is -3.57. The van der Waals surface area contributed by atoms with Gasteiger partial charge in [-0.15, -0.1) is 0 Å². The van der Waals surface area contributed by atoms with Gasteiger partial charge in [0.25, 0.3) is 15.9 Å². The lowest BCUT2D eigenvalue weighted by Crippen LogP contribution is -2.40. The van der Waals surface area contributed by atoms with Crippen molar-refractivity contribution in [1.82, 2.24) is 5.43 Å². The highest BCUT2D eigenvalue weighted by Gasteiger charge is 2.35. The number of carbonyl (C=O) groups excluding carboxylic acids is 1. The number of rotatable bonds is 9. The van der Waals surface area contributed by atoms with E-state index in [0.717, 1.165) is 17.7 Å². The zero-order valence-corrected chi connectivity index (χ0v) is 22.3. The molecule has 7 nitrogen and oxygen atoms in total. The number of sulfonamides is 1. The summed E-state index contributed by atoms with van der Waals surface area (Å²) in [6, 6.07) is 15.3. The first-order valence-electron chi connectivity index (χ1n) is 11.4. The van der Waals surface area contributed by atoms with Crippen molar-refractivity contribution in [3.63, 3.8) is 0 Å². The molecule has 0 aromatic heterocycles. The van der Waals surface area contributed by atoms with Crippen molar-refractivity contribution in [2.45, 2.75) is 31.8 Å². The number of halogens is 4. The van der Waals surface area contributed by atoms with Gasteiger partial charge in [-0.25, -0.2) is 13.8 Å². The van der Waals surface area contributed by atoms with Gasteiger partial charge >= 0.3 is 6.18 Å². The second kappa shape index (κ2) is 11.9. The van der Waals surface area contributed by atoms with Crippen LogP contribution in [0.3, 0.4) is 0 Å². The Labute approximate surface area is 223 Å². The van der Waals surface area contributed by atoms with Crippen molar-refractivity contribution in [3.05, 3.63) is 88.4 Å². The van der Waals surface area contributed by atoms with Gasteiger partial charge in [-0.1, -0.05) is 29.3 Å². The molecule has 202 valence electrons. The summed E-state index contributed by atoms with van der Waals surface area (Å²) in [6.07, 6.45) is -4.84. The molecule has 0 bridgehead atoms. The van der Waals surface area contributed by atoms with Crippen molar-refractivity contribution in [1.29, 1.82) is 0 Å². The van der Waals surface area contributed by atoms with E-state index in [1.54, 1.807) is 50.2 Å². The van der Waals surface area contributed by atoms with E-state index in [1.807, 2.05) is 6.92 Å². The Morgan fingerprint density at radius 1 is 1.05 bits per heavy atom. The average Bonchev–Trinajstić information content (AvgIpc) is 2.86. The number of anilines is 1. The standard InChI is InChI=1S/C26H25ClF3N3O4S/c1-4-37-21-10-7-19(8-11-21)18(3)31-32-25(34)16-33(38(35,36)22-12-5-17(2)6-13-22)20-9-14-24(27)23(15-20)26(28,29)30/h5-15H,4,16H2,1-3H3,(H,32,34)/b31-18-. The highest BCUT2D eigenvalue weighted by Crippen LogP contribution is 2.38. The van der Waals surface area contributed by atoms with Gasteiger partial charge < -0.3 is 4.74 Å². The number of aryl methyl sites for hydroxylation is 1. The summed E-state index contributed by atoms with van der Waals surface area (Å²) in [5, 5.41) is 3.40. The van der Waals surface area contributed by atoms with Crippen LogP contribution in [0.2, 0.25) is 5.02 Å². The summed E-state index contributed by atoms with van der Waals surface area (Å²) in [6.45, 7) is 4.90. The van der Waals surface area contributed by atoms with E-state index in [9.17, 15) is 26.4 Å². The maximum Gasteiger partial charge on any atom is 0.417 e. The first kappa shape index (κ1) is 29.0. The average molecular weight is 568 g/mol. The molecule has 1 N–H and O–H groups in total. The van der Waals surface area contributed by atoms with E-state index in [4.69, 9.17) is 16.3 Å². The molecule has 3 aromatic rings. The minimum absolute atomic E-state index is 0.200. The van der Waals surface area contributed by atoms with Gasteiger partial charge in [-0.05, 0) is 80.9 Å². The molecule has 0 spiro atoms. The van der Waals surface area contributed by atoms with Crippen LogP contribution in [0.25, 0.3) is 0 Å². The Balaban J connectivity index is 1.93. The number of hydrazone groups is 1. The lowest BCUT2D eigenvalue weighted by Gasteiger charge is -2.25. The smallest absolute Gasteiger partial charge is 0.417 e. The number of amides is 1. The third kappa shape index (κ3) is 7.05. The number of carbonyl (C=O) groups is 1. The fraction of sp³-hybridized carbons (Fsp3) is 0.231. The SMILES string of the molecule is CCOc1ccc(/C(C)=N\NC(=O)CN(c2ccc(Cl)c(C(F)(F)F)c2)S(=O)(=O)c2ccc(C)cc2)cc1. The van der Waals surface area contributed by atoms with Gasteiger partial charge in [0.05, 0.1) is 33.5 Å². The highest BCUT2D eigenvalue weighted by atomic mass is 35.5. The molecular formula is C26H25ClF3N3O4S. The maximum atomic E-state index is 13.5. The number of hydrogen-bond donors (Lipinski definition) is 1. The van der Waals surface area contributed by atoms with E-state index < -0.39 is 39.2 Å². The second-order valence-corrected chi connectivity index (χ2v) is 10.4. The van der Waals surface area contributed by atoms with Crippen LogP contribution < -0.4 is 14.5 Å². The second-order valence-electron chi connectivity index (χ2n) is 8.18. The van der Waals surface area contributed by atoms with Crippen LogP contribution in [0.15, 0.2) is 76.7 Å².